The first kappa shape index (κ1) is 15.1. The normalized spacial score (nSPS) is 12.3. The standard InChI is InChI=1S/C13H22N2O2S/c1-11(2)15(4)18(16,17)10-13-7-5-6-12(8-13)9-14-3/h5-8,11,14H,9-10H2,1-4H3. The van der Waals surface area contributed by atoms with Crippen LogP contribution in [0.1, 0.15) is 25.0 Å². The monoisotopic (exact) mass is 270 g/mol. The predicted molar refractivity (Wildman–Crippen MR) is 74.7 cm³/mol. The zero-order chi connectivity index (χ0) is 13.8. The van der Waals surface area contributed by atoms with Gasteiger partial charge < -0.3 is 5.32 Å². The van der Waals surface area contributed by atoms with Crippen molar-refractivity contribution in [2.24, 2.45) is 0 Å². The molecule has 102 valence electrons. The van der Waals surface area contributed by atoms with Crippen LogP contribution < -0.4 is 5.32 Å². The zero-order valence-electron chi connectivity index (χ0n) is 11.5. The van der Waals surface area contributed by atoms with Crippen LogP contribution in [0.15, 0.2) is 24.3 Å². The molecule has 18 heavy (non-hydrogen) atoms. The topological polar surface area (TPSA) is 49.4 Å². The van der Waals surface area contributed by atoms with Gasteiger partial charge in [-0.1, -0.05) is 24.3 Å². The minimum Gasteiger partial charge on any atom is -0.316 e. The van der Waals surface area contributed by atoms with Crippen LogP contribution in [0.25, 0.3) is 0 Å². The lowest BCUT2D eigenvalue weighted by molar-refractivity contribution is 0.410. The Labute approximate surface area is 110 Å². The summed E-state index contributed by atoms with van der Waals surface area (Å²) in [5, 5.41) is 3.06. The van der Waals surface area contributed by atoms with Crippen LogP contribution in [0.4, 0.5) is 0 Å². The Bertz CT molecular complexity index is 484. The lowest BCUT2D eigenvalue weighted by Crippen LogP contribution is -2.34. The van der Waals surface area contributed by atoms with Gasteiger partial charge in [-0.2, -0.15) is 0 Å². The van der Waals surface area contributed by atoms with Crippen molar-refractivity contribution in [3.63, 3.8) is 0 Å². The maximum atomic E-state index is 12.1. The second-order valence-electron chi connectivity index (χ2n) is 4.72. The van der Waals surface area contributed by atoms with Crippen molar-refractivity contribution in [1.82, 2.24) is 9.62 Å². The van der Waals surface area contributed by atoms with E-state index in [2.05, 4.69) is 5.32 Å². The molecular formula is C13H22N2O2S. The van der Waals surface area contributed by atoms with Gasteiger partial charge in [0.25, 0.3) is 0 Å². The predicted octanol–water partition coefficient (Wildman–Crippen LogP) is 1.58. The fourth-order valence-electron chi connectivity index (χ4n) is 1.67. The lowest BCUT2D eigenvalue weighted by atomic mass is 10.1. The summed E-state index contributed by atoms with van der Waals surface area (Å²) in [5.41, 5.74) is 1.92. The molecule has 0 heterocycles. The smallest absolute Gasteiger partial charge is 0.218 e. The van der Waals surface area contributed by atoms with Gasteiger partial charge in [-0.15, -0.1) is 0 Å². The maximum absolute atomic E-state index is 12.1. The molecule has 0 spiro atoms. The summed E-state index contributed by atoms with van der Waals surface area (Å²) in [6.07, 6.45) is 0. The molecule has 0 saturated heterocycles. The summed E-state index contributed by atoms with van der Waals surface area (Å²) in [4.78, 5) is 0. The minimum absolute atomic E-state index is 0.0181. The molecule has 1 rings (SSSR count). The number of nitrogens with one attached hydrogen (secondary N) is 1. The molecule has 0 radical (unpaired) electrons. The molecule has 0 saturated carbocycles. The number of sulfonamides is 1. The van der Waals surface area contributed by atoms with E-state index in [1.807, 2.05) is 45.2 Å². The molecule has 0 bridgehead atoms. The Balaban J connectivity index is 2.87. The zero-order valence-corrected chi connectivity index (χ0v) is 12.3. The molecule has 4 nitrogen and oxygen atoms in total. The Kier molecular flexibility index (Phi) is 5.31. The second kappa shape index (κ2) is 6.31. The number of nitrogens with zero attached hydrogens (tertiary/aromatic N) is 1. The molecule has 0 fully saturated rings. The first-order chi connectivity index (χ1) is 8.36. The van der Waals surface area contributed by atoms with E-state index < -0.39 is 10.0 Å². The van der Waals surface area contributed by atoms with E-state index >= 15 is 0 Å². The molecule has 5 heteroatoms. The van der Waals surface area contributed by atoms with Crippen LogP contribution in [0, 0.1) is 0 Å². The third-order valence-electron chi connectivity index (χ3n) is 2.89. The molecule has 1 aromatic carbocycles. The average molecular weight is 270 g/mol. The molecule has 1 aromatic rings. The summed E-state index contributed by atoms with van der Waals surface area (Å²) in [5.74, 6) is 0.0548. The van der Waals surface area contributed by atoms with E-state index in [1.54, 1.807) is 7.05 Å². The highest BCUT2D eigenvalue weighted by atomic mass is 32.2. The van der Waals surface area contributed by atoms with Gasteiger partial charge in [-0.25, -0.2) is 12.7 Å². The minimum atomic E-state index is -3.23. The van der Waals surface area contributed by atoms with Crippen molar-refractivity contribution in [3.05, 3.63) is 35.4 Å². The fraction of sp³-hybridized carbons (Fsp3) is 0.538. The second-order valence-corrected chi connectivity index (χ2v) is 6.74. The van der Waals surface area contributed by atoms with Gasteiger partial charge in [-0.05, 0) is 32.0 Å². The van der Waals surface area contributed by atoms with Crippen LogP contribution >= 0.6 is 0 Å². The van der Waals surface area contributed by atoms with E-state index in [0.717, 1.165) is 17.7 Å². The molecule has 0 aliphatic heterocycles. The summed E-state index contributed by atoms with van der Waals surface area (Å²) in [6.45, 7) is 4.48. The maximum Gasteiger partial charge on any atom is 0.218 e. The van der Waals surface area contributed by atoms with Gasteiger partial charge in [0.15, 0.2) is 0 Å². The van der Waals surface area contributed by atoms with Gasteiger partial charge in [-0.3, -0.25) is 0 Å². The molecule has 0 aliphatic rings. The highest BCUT2D eigenvalue weighted by Crippen LogP contribution is 2.13. The van der Waals surface area contributed by atoms with Crippen molar-refractivity contribution < 1.29 is 8.42 Å². The lowest BCUT2D eigenvalue weighted by Gasteiger charge is -2.21. The van der Waals surface area contributed by atoms with Crippen molar-refractivity contribution in [2.75, 3.05) is 14.1 Å². The molecule has 0 aliphatic carbocycles. The SMILES string of the molecule is CNCc1cccc(CS(=O)(=O)N(C)C(C)C)c1. The van der Waals surface area contributed by atoms with Crippen LogP contribution in [0.2, 0.25) is 0 Å². The largest absolute Gasteiger partial charge is 0.316 e. The molecule has 0 aromatic heterocycles. The van der Waals surface area contributed by atoms with Gasteiger partial charge in [0, 0.05) is 19.6 Å². The number of benzene rings is 1. The molecule has 1 N–H and O–H groups in total. The van der Waals surface area contributed by atoms with Gasteiger partial charge >= 0.3 is 0 Å². The Morgan fingerprint density at radius 2 is 1.89 bits per heavy atom. The van der Waals surface area contributed by atoms with Gasteiger partial charge in [0.1, 0.15) is 0 Å². The molecule has 0 atom stereocenters. The third kappa shape index (κ3) is 4.08. The Morgan fingerprint density at radius 3 is 2.44 bits per heavy atom. The molecule has 0 unspecified atom stereocenters. The van der Waals surface area contributed by atoms with Gasteiger partial charge in [0.2, 0.25) is 10.0 Å². The highest BCUT2D eigenvalue weighted by Gasteiger charge is 2.20. The Hall–Kier alpha value is -0.910. The van der Waals surface area contributed by atoms with E-state index in [9.17, 15) is 8.42 Å². The summed E-state index contributed by atoms with van der Waals surface area (Å²) in [7, 11) is 0.262. The van der Waals surface area contributed by atoms with Crippen LogP contribution in [0.3, 0.4) is 0 Å². The number of rotatable bonds is 6. The number of hydrogen-bond donors (Lipinski definition) is 1. The van der Waals surface area contributed by atoms with E-state index in [0.29, 0.717) is 0 Å². The highest BCUT2D eigenvalue weighted by molar-refractivity contribution is 7.88. The van der Waals surface area contributed by atoms with Gasteiger partial charge in [0.05, 0.1) is 5.75 Å². The van der Waals surface area contributed by atoms with Crippen LogP contribution in [-0.4, -0.2) is 32.9 Å². The van der Waals surface area contributed by atoms with Crippen molar-refractivity contribution in [2.45, 2.75) is 32.2 Å². The molecular weight excluding hydrogens is 248 g/mol. The average Bonchev–Trinajstić information content (AvgIpc) is 2.28. The fourth-order valence-corrected chi connectivity index (χ4v) is 3.11. The van der Waals surface area contributed by atoms with Crippen LogP contribution in [0.5, 0.6) is 0 Å². The van der Waals surface area contributed by atoms with Crippen molar-refractivity contribution in [3.8, 4) is 0 Å². The summed E-state index contributed by atoms with van der Waals surface area (Å²) >= 11 is 0. The van der Waals surface area contributed by atoms with E-state index in [4.69, 9.17) is 0 Å². The summed E-state index contributed by atoms with van der Waals surface area (Å²) < 4.78 is 25.7. The summed E-state index contributed by atoms with van der Waals surface area (Å²) in [6, 6.07) is 7.65. The van der Waals surface area contributed by atoms with Crippen molar-refractivity contribution >= 4 is 10.0 Å². The quantitative estimate of drug-likeness (QED) is 0.854. The van der Waals surface area contributed by atoms with Crippen LogP contribution in [-0.2, 0) is 22.3 Å². The molecule has 0 amide bonds. The first-order valence-electron chi connectivity index (χ1n) is 6.05. The Morgan fingerprint density at radius 1 is 1.28 bits per heavy atom. The first-order valence-corrected chi connectivity index (χ1v) is 7.66. The number of hydrogen-bond acceptors (Lipinski definition) is 3. The third-order valence-corrected chi connectivity index (χ3v) is 4.88. The van der Waals surface area contributed by atoms with Crippen molar-refractivity contribution in [1.29, 1.82) is 0 Å². The van der Waals surface area contributed by atoms with E-state index in [1.165, 1.54) is 4.31 Å². The van der Waals surface area contributed by atoms with E-state index in [-0.39, 0.29) is 11.8 Å².